The number of carbonyl (C=O) groups is 3. The molecule has 0 radical (unpaired) electrons. The van der Waals surface area contributed by atoms with Crippen molar-refractivity contribution in [3.63, 3.8) is 0 Å². The van der Waals surface area contributed by atoms with Crippen LogP contribution in [0.3, 0.4) is 0 Å². The fourth-order valence-corrected chi connectivity index (χ4v) is 2.19. The van der Waals surface area contributed by atoms with Crippen molar-refractivity contribution in [3.05, 3.63) is 0 Å². The molecule has 0 aromatic carbocycles. The Balaban J connectivity index is 1.96. The molecule has 1 atom stereocenters. The van der Waals surface area contributed by atoms with Crippen molar-refractivity contribution in [2.45, 2.75) is 38.5 Å². The Kier molecular flexibility index (Phi) is 3.60. The number of ether oxygens (including phenoxy) is 1. The Morgan fingerprint density at radius 1 is 1.12 bits per heavy atom. The molecule has 17 heavy (non-hydrogen) atoms. The van der Waals surface area contributed by atoms with Crippen LogP contribution in [0, 0.1) is 17.8 Å². The molecule has 4 nitrogen and oxygen atoms in total. The highest BCUT2D eigenvalue weighted by Crippen LogP contribution is 2.35. The molecule has 0 heterocycles. The minimum absolute atomic E-state index is 0.00621. The molecule has 2 rings (SSSR count). The van der Waals surface area contributed by atoms with Crippen LogP contribution >= 0.6 is 0 Å². The molecular weight excluding hydrogens is 220 g/mol. The highest BCUT2D eigenvalue weighted by atomic mass is 16.5. The van der Waals surface area contributed by atoms with Gasteiger partial charge in [-0.05, 0) is 25.7 Å². The molecule has 0 spiro atoms. The quantitative estimate of drug-likeness (QED) is 0.520. The zero-order valence-electron chi connectivity index (χ0n) is 10.1. The van der Waals surface area contributed by atoms with Crippen molar-refractivity contribution in [1.29, 1.82) is 0 Å². The van der Waals surface area contributed by atoms with Gasteiger partial charge in [0.05, 0.1) is 7.11 Å². The summed E-state index contributed by atoms with van der Waals surface area (Å²) in [5.41, 5.74) is 0. The first-order valence-electron chi connectivity index (χ1n) is 6.27. The number of hydrogen-bond donors (Lipinski definition) is 0. The molecule has 0 bridgehead atoms. The van der Waals surface area contributed by atoms with E-state index in [2.05, 4.69) is 4.74 Å². The zero-order valence-corrected chi connectivity index (χ0v) is 10.1. The second-order valence-electron chi connectivity index (χ2n) is 5.05. The van der Waals surface area contributed by atoms with Gasteiger partial charge in [0.1, 0.15) is 11.7 Å². The summed E-state index contributed by atoms with van der Waals surface area (Å²) in [4.78, 5) is 35.3. The molecule has 0 N–H and O–H groups in total. The van der Waals surface area contributed by atoms with Gasteiger partial charge in [-0.1, -0.05) is 6.42 Å². The van der Waals surface area contributed by atoms with Gasteiger partial charge in [-0.25, -0.2) is 0 Å². The molecule has 4 heteroatoms. The van der Waals surface area contributed by atoms with Gasteiger partial charge in [-0.15, -0.1) is 0 Å². The lowest BCUT2D eigenvalue weighted by atomic mass is 9.78. The smallest absolute Gasteiger partial charge is 0.316 e. The molecule has 2 aliphatic carbocycles. The van der Waals surface area contributed by atoms with E-state index < -0.39 is 11.9 Å². The van der Waals surface area contributed by atoms with Crippen LogP contribution in [-0.2, 0) is 19.1 Å². The summed E-state index contributed by atoms with van der Waals surface area (Å²) in [6.45, 7) is 0. The summed E-state index contributed by atoms with van der Waals surface area (Å²) in [7, 11) is 1.27. The zero-order chi connectivity index (χ0) is 12.4. The molecule has 0 aromatic heterocycles. The van der Waals surface area contributed by atoms with Gasteiger partial charge in [-0.2, -0.15) is 0 Å². The van der Waals surface area contributed by atoms with Gasteiger partial charge < -0.3 is 4.74 Å². The lowest BCUT2D eigenvalue weighted by molar-refractivity contribution is -0.152. The van der Waals surface area contributed by atoms with Crippen molar-refractivity contribution < 1.29 is 19.1 Å². The SMILES string of the molecule is COC(=O)C(CC(=O)C1CCC1)C(=O)C1CC1. The van der Waals surface area contributed by atoms with Crippen LogP contribution in [-0.4, -0.2) is 24.6 Å². The minimum atomic E-state index is -0.847. The van der Waals surface area contributed by atoms with Gasteiger partial charge in [0.15, 0.2) is 5.78 Å². The van der Waals surface area contributed by atoms with Crippen LogP contribution < -0.4 is 0 Å². The average molecular weight is 238 g/mol. The van der Waals surface area contributed by atoms with Crippen molar-refractivity contribution in [1.82, 2.24) is 0 Å². The standard InChI is InChI=1S/C13H18O4/c1-17-13(16)10(12(15)9-5-6-9)7-11(14)8-3-2-4-8/h8-10H,2-7H2,1H3. The first-order chi connectivity index (χ1) is 8.13. The summed E-state index contributed by atoms with van der Waals surface area (Å²) in [6, 6.07) is 0. The second-order valence-corrected chi connectivity index (χ2v) is 5.05. The van der Waals surface area contributed by atoms with E-state index in [9.17, 15) is 14.4 Å². The van der Waals surface area contributed by atoms with Gasteiger partial charge in [0.25, 0.3) is 0 Å². The maximum Gasteiger partial charge on any atom is 0.316 e. The summed E-state index contributed by atoms with van der Waals surface area (Å²) in [5.74, 6) is -1.36. The topological polar surface area (TPSA) is 60.4 Å². The summed E-state index contributed by atoms with van der Waals surface area (Å²) in [5, 5.41) is 0. The summed E-state index contributed by atoms with van der Waals surface area (Å²) in [6.07, 6.45) is 4.64. The van der Waals surface area contributed by atoms with Crippen LogP contribution in [0.15, 0.2) is 0 Å². The van der Waals surface area contributed by atoms with E-state index in [1.807, 2.05) is 0 Å². The van der Waals surface area contributed by atoms with Crippen LogP contribution in [0.5, 0.6) is 0 Å². The predicted octanol–water partition coefficient (Wildman–Crippen LogP) is 1.51. The summed E-state index contributed by atoms with van der Waals surface area (Å²) < 4.78 is 4.63. The maximum absolute atomic E-state index is 11.9. The fraction of sp³-hybridized carbons (Fsp3) is 0.769. The second kappa shape index (κ2) is 4.98. The van der Waals surface area contributed by atoms with Gasteiger partial charge >= 0.3 is 5.97 Å². The third kappa shape index (κ3) is 2.73. The Morgan fingerprint density at radius 3 is 2.18 bits per heavy atom. The molecule has 0 amide bonds. The van der Waals surface area contributed by atoms with E-state index in [0.29, 0.717) is 0 Å². The monoisotopic (exact) mass is 238 g/mol. The molecule has 1 unspecified atom stereocenters. The van der Waals surface area contributed by atoms with E-state index in [4.69, 9.17) is 0 Å². The van der Waals surface area contributed by atoms with E-state index >= 15 is 0 Å². The van der Waals surface area contributed by atoms with Crippen molar-refractivity contribution >= 4 is 17.5 Å². The predicted molar refractivity (Wildman–Crippen MR) is 60.2 cm³/mol. The Bertz CT molecular complexity index is 339. The van der Waals surface area contributed by atoms with Crippen LogP contribution in [0.25, 0.3) is 0 Å². The summed E-state index contributed by atoms with van der Waals surface area (Å²) >= 11 is 0. The number of Topliss-reactive ketones (excluding diaryl/α,β-unsaturated/α-hetero) is 2. The average Bonchev–Trinajstić information content (AvgIpc) is 3.05. The molecule has 2 fully saturated rings. The number of ketones is 2. The highest BCUT2D eigenvalue weighted by molar-refractivity contribution is 6.04. The highest BCUT2D eigenvalue weighted by Gasteiger charge is 2.41. The number of rotatable bonds is 6. The molecule has 94 valence electrons. The lowest BCUT2D eigenvalue weighted by Crippen LogP contribution is -2.32. The Labute approximate surface area is 101 Å². The van der Waals surface area contributed by atoms with Crippen molar-refractivity contribution in [3.8, 4) is 0 Å². The van der Waals surface area contributed by atoms with Gasteiger partial charge in [0.2, 0.25) is 0 Å². The van der Waals surface area contributed by atoms with E-state index in [-0.39, 0.29) is 29.8 Å². The fourth-order valence-electron chi connectivity index (χ4n) is 2.19. The maximum atomic E-state index is 11.9. The molecular formula is C13H18O4. The molecule has 2 saturated carbocycles. The Morgan fingerprint density at radius 2 is 1.76 bits per heavy atom. The number of hydrogen-bond acceptors (Lipinski definition) is 4. The largest absolute Gasteiger partial charge is 0.468 e. The number of carbonyl (C=O) groups excluding carboxylic acids is 3. The normalized spacial score (nSPS) is 21.5. The first kappa shape index (κ1) is 12.3. The van der Waals surface area contributed by atoms with Crippen LogP contribution in [0.2, 0.25) is 0 Å². The van der Waals surface area contributed by atoms with E-state index in [0.717, 1.165) is 32.1 Å². The molecule has 2 aliphatic rings. The third-order valence-electron chi connectivity index (χ3n) is 3.77. The van der Waals surface area contributed by atoms with Crippen molar-refractivity contribution in [2.24, 2.45) is 17.8 Å². The first-order valence-corrected chi connectivity index (χ1v) is 6.27. The molecule has 0 aromatic rings. The van der Waals surface area contributed by atoms with Crippen LogP contribution in [0.1, 0.15) is 38.5 Å². The number of methoxy groups -OCH3 is 1. The minimum Gasteiger partial charge on any atom is -0.468 e. The van der Waals surface area contributed by atoms with E-state index in [1.54, 1.807) is 0 Å². The van der Waals surface area contributed by atoms with Gasteiger partial charge in [0, 0.05) is 18.3 Å². The lowest BCUT2D eigenvalue weighted by Gasteiger charge is -2.25. The van der Waals surface area contributed by atoms with E-state index in [1.165, 1.54) is 7.11 Å². The molecule has 0 saturated heterocycles. The van der Waals surface area contributed by atoms with Crippen LogP contribution in [0.4, 0.5) is 0 Å². The Hall–Kier alpha value is -1.19. The third-order valence-corrected chi connectivity index (χ3v) is 3.77. The number of esters is 1. The van der Waals surface area contributed by atoms with Gasteiger partial charge in [-0.3, -0.25) is 14.4 Å². The molecule has 0 aliphatic heterocycles. The van der Waals surface area contributed by atoms with Crippen molar-refractivity contribution in [2.75, 3.05) is 7.11 Å².